The van der Waals surface area contributed by atoms with E-state index >= 15 is 0 Å². The minimum Gasteiger partial charge on any atom is -0.507 e. The van der Waals surface area contributed by atoms with Crippen LogP contribution in [-0.4, -0.2) is 26.9 Å². The van der Waals surface area contributed by atoms with Gasteiger partial charge in [0.15, 0.2) is 5.69 Å². The number of nitrogens with zero attached hydrogens (tertiary/aromatic N) is 2. The third-order valence-electron chi connectivity index (χ3n) is 4.86. The van der Waals surface area contributed by atoms with Crippen LogP contribution in [0.4, 0.5) is 0 Å². The summed E-state index contributed by atoms with van der Waals surface area (Å²) in [5.74, 6) is -0.356. The zero-order valence-corrected chi connectivity index (χ0v) is 14.7. The first kappa shape index (κ1) is 17.0. The van der Waals surface area contributed by atoms with Crippen LogP contribution in [0.25, 0.3) is 10.8 Å². The number of phenols is 1. The summed E-state index contributed by atoms with van der Waals surface area (Å²) in [4.78, 5) is 24.5. The monoisotopic (exact) mass is 362 g/mol. The van der Waals surface area contributed by atoms with Crippen LogP contribution in [0.3, 0.4) is 0 Å². The Morgan fingerprint density at radius 1 is 1.19 bits per heavy atom. The molecule has 0 fully saturated rings. The van der Waals surface area contributed by atoms with E-state index in [-0.39, 0.29) is 17.0 Å². The maximum atomic E-state index is 12.6. The fourth-order valence-electron chi connectivity index (χ4n) is 3.51. The molecule has 7 nitrogen and oxygen atoms in total. The van der Waals surface area contributed by atoms with Crippen molar-refractivity contribution >= 4 is 22.4 Å². The molecule has 27 heavy (non-hydrogen) atoms. The number of H-pyrrole nitrogens is 1. The number of benzene rings is 2. The van der Waals surface area contributed by atoms with E-state index in [1.54, 1.807) is 30.3 Å². The van der Waals surface area contributed by atoms with Gasteiger partial charge in [-0.3, -0.25) is 9.59 Å². The van der Waals surface area contributed by atoms with E-state index in [0.29, 0.717) is 28.5 Å². The van der Waals surface area contributed by atoms with E-state index < -0.39 is 5.91 Å². The van der Waals surface area contributed by atoms with Gasteiger partial charge in [-0.15, -0.1) is 0 Å². The second-order valence-corrected chi connectivity index (χ2v) is 6.56. The van der Waals surface area contributed by atoms with Crippen LogP contribution in [0.1, 0.15) is 40.0 Å². The molecule has 1 heterocycles. The molecule has 1 aromatic heterocycles. The van der Waals surface area contributed by atoms with E-state index in [0.717, 1.165) is 24.0 Å². The van der Waals surface area contributed by atoms with Crippen LogP contribution in [0.15, 0.2) is 46.3 Å². The molecule has 136 valence electrons. The van der Waals surface area contributed by atoms with Crippen LogP contribution in [-0.2, 0) is 6.42 Å². The van der Waals surface area contributed by atoms with Gasteiger partial charge in [0, 0.05) is 10.9 Å². The summed E-state index contributed by atoms with van der Waals surface area (Å²) in [5.41, 5.74) is 5.75. The number of carbonyl (C=O) groups excluding carboxylic acids is 1. The number of amides is 1. The largest absolute Gasteiger partial charge is 0.507 e. The molecule has 0 spiro atoms. The third kappa shape index (κ3) is 2.97. The normalized spacial score (nSPS) is 14.9. The molecule has 2 aromatic carbocycles. The molecular weight excluding hydrogens is 344 g/mol. The standard InChI is InChI=1S/C20H18N4O3/c1-11-9-10-16(25)17-12(11)7-4-8-15(17)21-24-20(27)18-13-5-2-3-6-14(13)19(26)23-22-18/h2-3,5-6,9-10,25H,4,7-8H2,1H3,(H,23,26)(H,24,27)/b21-15+. The van der Waals surface area contributed by atoms with Crippen LogP contribution in [0.5, 0.6) is 5.75 Å². The molecule has 0 atom stereocenters. The molecule has 1 amide bonds. The number of aryl methyl sites for hydroxylation is 1. The maximum absolute atomic E-state index is 12.6. The number of hydrazone groups is 1. The zero-order valence-electron chi connectivity index (χ0n) is 14.7. The quantitative estimate of drug-likeness (QED) is 0.608. The van der Waals surface area contributed by atoms with E-state index in [4.69, 9.17) is 0 Å². The van der Waals surface area contributed by atoms with Crippen LogP contribution in [0.2, 0.25) is 0 Å². The van der Waals surface area contributed by atoms with Gasteiger partial charge in [-0.2, -0.15) is 10.2 Å². The van der Waals surface area contributed by atoms with Gasteiger partial charge in [0.25, 0.3) is 11.5 Å². The smallest absolute Gasteiger partial charge is 0.292 e. The second kappa shape index (κ2) is 6.68. The van der Waals surface area contributed by atoms with Crippen molar-refractivity contribution in [2.24, 2.45) is 5.10 Å². The predicted octanol–water partition coefficient (Wildman–Crippen LogP) is 2.41. The van der Waals surface area contributed by atoms with E-state index in [9.17, 15) is 14.7 Å². The topological polar surface area (TPSA) is 107 Å². The molecule has 0 saturated heterocycles. The first-order valence-electron chi connectivity index (χ1n) is 8.72. The average Bonchev–Trinajstić information content (AvgIpc) is 2.69. The number of fused-ring (bicyclic) bond motifs is 2. The molecule has 1 aliphatic carbocycles. The number of hydrogen-bond acceptors (Lipinski definition) is 5. The number of rotatable bonds is 2. The summed E-state index contributed by atoms with van der Waals surface area (Å²) in [6.45, 7) is 2.00. The highest BCUT2D eigenvalue weighted by Gasteiger charge is 2.22. The number of aromatic hydroxyl groups is 1. The number of hydrogen-bond donors (Lipinski definition) is 3. The van der Waals surface area contributed by atoms with Crippen LogP contribution < -0.4 is 11.0 Å². The number of aromatic amines is 1. The first-order chi connectivity index (χ1) is 13.1. The molecule has 0 radical (unpaired) electrons. The Kier molecular flexibility index (Phi) is 4.19. The lowest BCUT2D eigenvalue weighted by Gasteiger charge is -2.21. The Balaban J connectivity index is 1.70. The van der Waals surface area contributed by atoms with Crippen molar-refractivity contribution in [3.05, 3.63) is 69.1 Å². The van der Waals surface area contributed by atoms with Gasteiger partial charge >= 0.3 is 0 Å². The van der Waals surface area contributed by atoms with Crippen molar-refractivity contribution in [2.75, 3.05) is 0 Å². The minimum absolute atomic E-state index is 0.0963. The second-order valence-electron chi connectivity index (χ2n) is 6.56. The molecule has 3 N–H and O–H groups in total. The lowest BCUT2D eigenvalue weighted by Crippen LogP contribution is -2.25. The Morgan fingerprint density at radius 3 is 2.78 bits per heavy atom. The highest BCUT2D eigenvalue weighted by Crippen LogP contribution is 2.31. The van der Waals surface area contributed by atoms with Crippen molar-refractivity contribution in [3.63, 3.8) is 0 Å². The van der Waals surface area contributed by atoms with Gasteiger partial charge in [-0.05, 0) is 49.4 Å². The van der Waals surface area contributed by atoms with Crippen LogP contribution in [0, 0.1) is 6.92 Å². The van der Waals surface area contributed by atoms with E-state index in [1.165, 1.54) is 0 Å². The first-order valence-corrected chi connectivity index (χ1v) is 8.72. The SMILES string of the molecule is Cc1ccc(O)c2c1CCC/C2=N\NC(=O)c1n[nH]c(=O)c2ccccc12. The molecule has 1 aliphatic rings. The van der Waals surface area contributed by atoms with Crippen molar-refractivity contribution in [1.29, 1.82) is 0 Å². The maximum Gasteiger partial charge on any atom is 0.292 e. The molecule has 3 aromatic rings. The number of carbonyl (C=O) groups is 1. The fraction of sp³-hybridized carbons (Fsp3) is 0.200. The molecule has 0 saturated carbocycles. The van der Waals surface area contributed by atoms with E-state index in [1.807, 2.05) is 13.0 Å². The minimum atomic E-state index is -0.519. The predicted molar refractivity (Wildman–Crippen MR) is 102 cm³/mol. The fourth-order valence-corrected chi connectivity index (χ4v) is 3.51. The molecule has 0 aliphatic heterocycles. The average molecular weight is 362 g/mol. The summed E-state index contributed by atoms with van der Waals surface area (Å²) >= 11 is 0. The van der Waals surface area contributed by atoms with Gasteiger partial charge in [0.1, 0.15) is 5.75 Å². The Morgan fingerprint density at radius 2 is 1.96 bits per heavy atom. The summed E-state index contributed by atoms with van der Waals surface area (Å²) in [6.07, 6.45) is 2.42. The van der Waals surface area contributed by atoms with Crippen molar-refractivity contribution in [1.82, 2.24) is 15.6 Å². The molecule has 0 bridgehead atoms. The summed E-state index contributed by atoms with van der Waals surface area (Å²) in [7, 11) is 0. The Hall–Kier alpha value is -3.48. The summed E-state index contributed by atoms with van der Waals surface area (Å²) < 4.78 is 0. The number of aromatic nitrogens is 2. The molecule has 4 rings (SSSR count). The van der Waals surface area contributed by atoms with Crippen molar-refractivity contribution in [2.45, 2.75) is 26.2 Å². The molecular formula is C20H18N4O3. The summed E-state index contributed by atoms with van der Waals surface area (Å²) in [6, 6.07) is 10.3. The van der Waals surface area contributed by atoms with Crippen LogP contribution >= 0.6 is 0 Å². The molecule has 7 heteroatoms. The lowest BCUT2D eigenvalue weighted by molar-refractivity contribution is 0.0950. The highest BCUT2D eigenvalue weighted by molar-refractivity contribution is 6.08. The summed E-state index contributed by atoms with van der Waals surface area (Å²) in [5, 5.41) is 21.6. The van der Waals surface area contributed by atoms with Gasteiger partial charge in [0.05, 0.1) is 11.1 Å². The lowest BCUT2D eigenvalue weighted by atomic mass is 9.86. The van der Waals surface area contributed by atoms with Crippen molar-refractivity contribution in [3.8, 4) is 5.75 Å². The van der Waals surface area contributed by atoms with Crippen molar-refractivity contribution < 1.29 is 9.90 Å². The Bertz CT molecular complexity index is 1150. The van der Waals surface area contributed by atoms with Gasteiger partial charge in [-0.1, -0.05) is 24.3 Å². The number of nitrogens with one attached hydrogen (secondary N) is 2. The van der Waals surface area contributed by atoms with Gasteiger partial charge in [-0.25, -0.2) is 10.5 Å². The highest BCUT2D eigenvalue weighted by atomic mass is 16.3. The van der Waals surface area contributed by atoms with E-state index in [2.05, 4.69) is 20.7 Å². The third-order valence-corrected chi connectivity index (χ3v) is 4.86. The molecule has 0 unspecified atom stereocenters. The Labute approximate surface area is 154 Å². The number of phenolic OH excluding ortho intramolecular Hbond substituents is 1. The van der Waals surface area contributed by atoms with Gasteiger partial charge < -0.3 is 5.11 Å². The zero-order chi connectivity index (χ0) is 19.0. The van der Waals surface area contributed by atoms with Gasteiger partial charge in [0.2, 0.25) is 0 Å².